The fourth-order valence-corrected chi connectivity index (χ4v) is 8.84. The first-order valence-electron chi connectivity index (χ1n) is 24.8. The maximum Gasteiger partial charge on any atom is 0.338 e. The highest BCUT2D eigenvalue weighted by atomic mass is 16.8. The molecule has 0 amide bonds. The van der Waals surface area contributed by atoms with Gasteiger partial charge in [0.05, 0.1) is 48.7 Å². The topological polar surface area (TPSA) is 181 Å². The Morgan fingerprint density at radius 2 is 0.829 bits per heavy atom. The highest BCUT2D eigenvalue weighted by Crippen LogP contribution is 2.42. The van der Waals surface area contributed by atoms with Crippen LogP contribution in [0, 0.1) is 0 Å². The van der Waals surface area contributed by atoms with Crippen molar-refractivity contribution in [2.24, 2.45) is 0 Å². The van der Waals surface area contributed by atoms with Crippen molar-refractivity contribution in [2.75, 3.05) is 19.8 Å². The summed E-state index contributed by atoms with van der Waals surface area (Å²) in [5.74, 6) is -5.81. The van der Waals surface area contributed by atoms with Crippen molar-refractivity contribution in [1.82, 2.24) is 0 Å². The first kappa shape index (κ1) is 53.0. The Labute approximate surface area is 439 Å². The average Bonchev–Trinajstić information content (AvgIpc) is 3.76. The van der Waals surface area contributed by atoms with E-state index in [1.807, 2.05) is 91.0 Å². The summed E-state index contributed by atoms with van der Waals surface area (Å²) in [5.41, 5.74) is 2.96. The van der Waals surface area contributed by atoms with E-state index in [2.05, 4.69) is 0 Å². The van der Waals surface area contributed by atoms with Crippen molar-refractivity contribution < 1.29 is 71.7 Å². The Kier molecular flexibility index (Phi) is 18.2. The van der Waals surface area contributed by atoms with Gasteiger partial charge in [-0.15, -0.1) is 0 Å². The number of hydrogen-bond donors (Lipinski definition) is 1. The van der Waals surface area contributed by atoms with E-state index >= 15 is 0 Å². The van der Waals surface area contributed by atoms with E-state index < -0.39 is 91.9 Å². The molecule has 0 spiro atoms. The van der Waals surface area contributed by atoms with Gasteiger partial charge in [0, 0.05) is 0 Å². The molecule has 0 aromatic heterocycles. The number of carbonyl (C=O) groups excluding carboxylic acids is 4. The Hall–Kier alpha value is -7.86. The third kappa shape index (κ3) is 13.7. The fourth-order valence-electron chi connectivity index (χ4n) is 8.84. The van der Waals surface area contributed by atoms with Crippen LogP contribution >= 0.6 is 0 Å². The van der Waals surface area contributed by atoms with Gasteiger partial charge in [-0.3, -0.25) is 0 Å². The van der Waals surface area contributed by atoms with Gasteiger partial charge >= 0.3 is 23.9 Å². The van der Waals surface area contributed by atoms with Crippen LogP contribution in [0.25, 0.3) is 0 Å². The number of rotatable bonds is 22. The molecule has 9 atom stereocenters. The lowest BCUT2D eigenvalue weighted by molar-refractivity contribution is -0.367. The highest BCUT2D eigenvalue weighted by molar-refractivity contribution is 5.91. The van der Waals surface area contributed by atoms with Gasteiger partial charge in [-0.2, -0.15) is 0 Å². The van der Waals surface area contributed by atoms with E-state index in [9.17, 15) is 24.3 Å². The van der Waals surface area contributed by atoms with Gasteiger partial charge in [0.25, 0.3) is 0 Å². The molecule has 9 rings (SSSR count). The van der Waals surface area contributed by atoms with Crippen molar-refractivity contribution >= 4 is 23.9 Å². The van der Waals surface area contributed by atoms with Crippen LogP contribution in [0.4, 0.5) is 0 Å². The molecule has 2 aliphatic heterocycles. The van der Waals surface area contributed by atoms with E-state index in [0.29, 0.717) is 0 Å². The zero-order valence-electron chi connectivity index (χ0n) is 41.2. The van der Waals surface area contributed by atoms with Crippen LogP contribution in [-0.2, 0) is 67.2 Å². The predicted octanol–water partition coefficient (Wildman–Crippen LogP) is 8.74. The molecule has 2 heterocycles. The molecular weight excluding hydrogens is 973 g/mol. The maximum atomic E-state index is 14.6. The summed E-state index contributed by atoms with van der Waals surface area (Å²) in [6, 6.07) is 60.5. The standard InChI is InChI=1S/C61H56O15/c62-56(45-28-14-4-15-29-45)70-40-50-52(73-58(64)47-32-18-6-19-33-47)55(74-59(65)48-34-20-7-21-35-48)61(75-50,41-71-57(63)46-30-16-5-17-31-46)76-51-49(39-67-36-42-22-8-1-9-23-42)72-60(66)54(69-38-44-26-12-3-13-27-44)53(51)68-37-43-24-10-2-11-25-43/h1-35,49-55,60,66H,36-41H2/t49-,50-,51-,52-,53+,54-,55+,60+,61-/m1/s1. The maximum absolute atomic E-state index is 14.6. The third-order valence-corrected chi connectivity index (χ3v) is 12.7. The third-order valence-electron chi connectivity index (χ3n) is 12.7. The largest absolute Gasteiger partial charge is 0.459 e. The van der Waals surface area contributed by atoms with Crippen LogP contribution in [0.2, 0.25) is 0 Å². The second-order valence-corrected chi connectivity index (χ2v) is 18.0. The summed E-state index contributed by atoms with van der Waals surface area (Å²) in [5, 5.41) is 12.0. The van der Waals surface area contributed by atoms with Crippen LogP contribution < -0.4 is 0 Å². The molecule has 2 aliphatic rings. The minimum Gasteiger partial charge on any atom is -0.459 e. The van der Waals surface area contributed by atoms with Gasteiger partial charge in [-0.25, -0.2) is 19.2 Å². The molecule has 1 N–H and O–H groups in total. The molecule has 0 unspecified atom stereocenters. The summed E-state index contributed by atoms with van der Waals surface area (Å²) in [4.78, 5) is 56.8. The number of benzene rings is 7. The van der Waals surface area contributed by atoms with Gasteiger partial charge in [0.2, 0.25) is 5.79 Å². The SMILES string of the molecule is O=C(OC[C@H]1O[C@](COC(=O)c2ccccc2)(O[C@H]2[C@H](OCc3ccccc3)[C@@H](OCc3ccccc3)[C@@H](O)O[C@@H]2COCc2ccccc2)[C@@H](OC(=O)c2ccccc2)[C@@H]1OC(=O)c1ccccc1)c1ccccc1. The van der Waals surface area contributed by atoms with Gasteiger partial charge in [0.15, 0.2) is 18.5 Å². The first-order valence-corrected chi connectivity index (χ1v) is 24.8. The molecule has 7 aromatic rings. The smallest absolute Gasteiger partial charge is 0.338 e. The van der Waals surface area contributed by atoms with Gasteiger partial charge in [-0.05, 0) is 65.2 Å². The molecule has 0 saturated carbocycles. The van der Waals surface area contributed by atoms with Crippen molar-refractivity contribution in [3.8, 4) is 0 Å². The molecule has 2 saturated heterocycles. The number of ether oxygens (including phenoxy) is 10. The number of carbonyl (C=O) groups is 4. The van der Waals surface area contributed by atoms with Crippen molar-refractivity contribution in [3.63, 3.8) is 0 Å². The second-order valence-electron chi connectivity index (χ2n) is 18.0. The van der Waals surface area contributed by atoms with E-state index in [4.69, 9.17) is 47.4 Å². The second kappa shape index (κ2) is 26.1. The Bertz CT molecular complexity index is 2920. The molecule has 0 radical (unpaired) electrons. The summed E-state index contributed by atoms with van der Waals surface area (Å²) < 4.78 is 65.2. The molecule has 0 bridgehead atoms. The predicted molar refractivity (Wildman–Crippen MR) is 274 cm³/mol. The van der Waals surface area contributed by atoms with Crippen molar-refractivity contribution in [2.45, 2.75) is 74.6 Å². The number of aliphatic hydroxyl groups is 1. The van der Waals surface area contributed by atoms with Crippen LogP contribution in [-0.4, -0.2) is 104 Å². The van der Waals surface area contributed by atoms with Crippen LogP contribution in [0.15, 0.2) is 212 Å². The summed E-state index contributed by atoms with van der Waals surface area (Å²) >= 11 is 0. The average molecular weight is 1030 g/mol. The monoisotopic (exact) mass is 1030 g/mol. The van der Waals surface area contributed by atoms with Gasteiger partial charge in [0.1, 0.15) is 43.7 Å². The Balaban J connectivity index is 1.18. The molecule has 2 fully saturated rings. The zero-order valence-corrected chi connectivity index (χ0v) is 41.2. The van der Waals surface area contributed by atoms with Crippen LogP contribution in [0.5, 0.6) is 0 Å². The molecule has 15 nitrogen and oxygen atoms in total. The van der Waals surface area contributed by atoms with Gasteiger partial charge in [-0.1, -0.05) is 164 Å². The minimum absolute atomic E-state index is 0.000962. The lowest BCUT2D eigenvalue weighted by atomic mass is 9.96. The quantitative estimate of drug-likeness (QED) is 0.0503. The highest BCUT2D eigenvalue weighted by Gasteiger charge is 2.65. The summed E-state index contributed by atoms with van der Waals surface area (Å²) in [6.45, 7) is -1.58. The van der Waals surface area contributed by atoms with Crippen LogP contribution in [0.3, 0.4) is 0 Å². The first-order chi connectivity index (χ1) is 37.2. The Morgan fingerprint density at radius 3 is 1.32 bits per heavy atom. The lowest BCUT2D eigenvalue weighted by Crippen LogP contribution is -2.65. The van der Waals surface area contributed by atoms with Crippen LogP contribution in [0.1, 0.15) is 58.1 Å². The molecule has 390 valence electrons. The summed E-state index contributed by atoms with van der Waals surface area (Å²) in [6.07, 6.45) is -11.8. The molecule has 76 heavy (non-hydrogen) atoms. The zero-order chi connectivity index (χ0) is 52.5. The van der Waals surface area contributed by atoms with E-state index in [1.165, 1.54) is 24.3 Å². The van der Waals surface area contributed by atoms with E-state index in [-0.39, 0.29) is 48.7 Å². The lowest BCUT2D eigenvalue weighted by Gasteiger charge is -2.47. The number of aliphatic hydroxyl groups excluding tert-OH is 1. The van der Waals surface area contributed by atoms with Crippen molar-refractivity contribution in [3.05, 3.63) is 251 Å². The fraction of sp³-hybridized carbons (Fsp3) is 0.246. The van der Waals surface area contributed by atoms with Gasteiger partial charge < -0.3 is 52.5 Å². The Morgan fingerprint density at radius 1 is 0.421 bits per heavy atom. The van der Waals surface area contributed by atoms with E-state index in [1.54, 1.807) is 97.1 Å². The van der Waals surface area contributed by atoms with Crippen molar-refractivity contribution in [1.29, 1.82) is 0 Å². The molecule has 15 heteroatoms. The minimum atomic E-state index is -2.48. The molecular formula is C61H56O15. The normalized spacial score (nSPS) is 23.0. The summed E-state index contributed by atoms with van der Waals surface area (Å²) in [7, 11) is 0. The molecule has 0 aliphatic carbocycles. The van der Waals surface area contributed by atoms with E-state index in [0.717, 1.165) is 16.7 Å². The number of hydrogen-bond acceptors (Lipinski definition) is 15. The number of esters is 4. The molecule has 7 aromatic carbocycles.